The lowest BCUT2D eigenvalue weighted by atomic mass is 10.1. The van der Waals surface area contributed by atoms with Crippen LogP contribution in [0.2, 0.25) is 0 Å². The number of methoxy groups -OCH3 is 1. The highest BCUT2D eigenvalue weighted by Gasteiger charge is 2.17. The van der Waals surface area contributed by atoms with Crippen LogP contribution in [0.15, 0.2) is 46.9 Å². The number of hydrogen-bond donors (Lipinski definition) is 1. The fraction of sp³-hybridized carbons (Fsp3) is 0.0714. The van der Waals surface area contributed by atoms with E-state index in [0.29, 0.717) is 5.69 Å². The fourth-order valence-electron chi connectivity index (χ4n) is 1.65. The van der Waals surface area contributed by atoms with Gasteiger partial charge in [-0.3, -0.25) is 4.79 Å². The molecule has 0 aliphatic rings. The van der Waals surface area contributed by atoms with Crippen molar-refractivity contribution < 1.29 is 13.9 Å². The van der Waals surface area contributed by atoms with Crippen LogP contribution in [0.25, 0.3) is 0 Å². The molecule has 5 heteroatoms. The Bertz CT molecular complexity index is 616. The molecule has 0 bridgehead atoms. The molecule has 2 aromatic rings. The average Bonchev–Trinajstić information content (AvgIpc) is 2.38. The molecule has 0 aliphatic carbocycles. The normalized spacial score (nSPS) is 10.1. The second-order valence-electron chi connectivity index (χ2n) is 3.78. The van der Waals surface area contributed by atoms with Gasteiger partial charge < -0.3 is 10.1 Å². The zero-order chi connectivity index (χ0) is 13.8. The first-order valence-electron chi connectivity index (χ1n) is 5.51. The van der Waals surface area contributed by atoms with Crippen LogP contribution in [0.5, 0.6) is 5.75 Å². The molecule has 0 saturated carbocycles. The minimum Gasteiger partial charge on any atom is -0.496 e. The van der Waals surface area contributed by atoms with Gasteiger partial charge >= 0.3 is 0 Å². The molecule has 3 nitrogen and oxygen atoms in total. The summed E-state index contributed by atoms with van der Waals surface area (Å²) in [6, 6.07) is 11.3. The maximum Gasteiger partial charge on any atom is 0.262 e. The predicted octanol–water partition coefficient (Wildman–Crippen LogP) is 3.85. The number of rotatable bonds is 3. The molecule has 0 spiro atoms. The summed E-state index contributed by atoms with van der Waals surface area (Å²) in [5, 5.41) is 2.63. The molecular weight excluding hydrogens is 313 g/mol. The van der Waals surface area contributed by atoms with Crippen LogP contribution < -0.4 is 10.1 Å². The smallest absolute Gasteiger partial charge is 0.262 e. The molecule has 1 amide bonds. The lowest BCUT2D eigenvalue weighted by molar-refractivity contribution is 0.102. The minimum atomic E-state index is -0.619. The monoisotopic (exact) mass is 323 g/mol. The number of benzene rings is 2. The molecule has 0 unspecified atom stereocenters. The van der Waals surface area contributed by atoms with Crippen molar-refractivity contribution in [2.24, 2.45) is 0 Å². The molecule has 2 aromatic carbocycles. The molecule has 0 aliphatic heterocycles. The summed E-state index contributed by atoms with van der Waals surface area (Å²) in [5.41, 5.74) is 0.467. The maximum absolute atomic E-state index is 13.7. The van der Waals surface area contributed by atoms with E-state index in [0.717, 1.165) is 4.47 Å². The standard InChI is InChI=1S/C14H11BrFNO2/c1-19-12-7-3-6-11(16)13(12)14(18)17-10-5-2-4-9(15)8-10/h2-8H,1H3,(H,17,18). The van der Waals surface area contributed by atoms with E-state index in [2.05, 4.69) is 21.2 Å². The Morgan fingerprint density at radius 1 is 1.26 bits per heavy atom. The summed E-state index contributed by atoms with van der Waals surface area (Å²) < 4.78 is 19.5. The van der Waals surface area contributed by atoms with Crippen molar-refractivity contribution in [2.75, 3.05) is 12.4 Å². The summed E-state index contributed by atoms with van der Waals surface area (Å²) in [6.45, 7) is 0. The van der Waals surface area contributed by atoms with Gasteiger partial charge in [0.25, 0.3) is 5.91 Å². The average molecular weight is 324 g/mol. The van der Waals surface area contributed by atoms with E-state index in [1.54, 1.807) is 24.3 Å². The van der Waals surface area contributed by atoms with Crippen LogP contribution in [0.4, 0.5) is 10.1 Å². The van der Waals surface area contributed by atoms with Gasteiger partial charge in [0.05, 0.1) is 7.11 Å². The summed E-state index contributed by atoms with van der Waals surface area (Å²) >= 11 is 3.30. The lowest BCUT2D eigenvalue weighted by Gasteiger charge is -2.10. The van der Waals surface area contributed by atoms with Gasteiger partial charge in [0.1, 0.15) is 17.1 Å². The zero-order valence-electron chi connectivity index (χ0n) is 10.1. The van der Waals surface area contributed by atoms with E-state index >= 15 is 0 Å². The largest absolute Gasteiger partial charge is 0.496 e. The van der Waals surface area contributed by atoms with Crippen molar-refractivity contribution in [3.63, 3.8) is 0 Å². The van der Waals surface area contributed by atoms with Crippen molar-refractivity contribution in [2.45, 2.75) is 0 Å². The highest BCUT2D eigenvalue weighted by Crippen LogP contribution is 2.23. The summed E-state index contributed by atoms with van der Waals surface area (Å²) in [6.07, 6.45) is 0. The van der Waals surface area contributed by atoms with Crippen LogP contribution in [0.1, 0.15) is 10.4 Å². The second-order valence-corrected chi connectivity index (χ2v) is 4.70. The van der Waals surface area contributed by atoms with Crippen molar-refractivity contribution >= 4 is 27.5 Å². The van der Waals surface area contributed by atoms with Gasteiger partial charge in [-0.05, 0) is 30.3 Å². The van der Waals surface area contributed by atoms with Crippen molar-refractivity contribution in [1.29, 1.82) is 0 Å². The van der Waals surface area contributed by atoms with E-state index in [-0.39, 0.29) is 11.3 Å². The summed E-state index contributed by atoms with van der Waals surface area (Å²) in [5.74, 6) is -0.965. The Labute approximate surface area is 118 Å². The van der Waals surface area contributed by atoms with Crippen LogP contribution >= 0.6 is 15.9 Å². The predicted molar refractivity (Wildman–Crippen MR) is 75.0 cm³/mol. The number of carbonyl (C=O) groups is 1. The number of amides is 1. The van der Waals surface area contributed by atoms with Crippen LogP contribution in [0.3, 0.4) is 0 Å². The third kappa shape index (κ3) is 3.12. The number of halogens is 2. The first-order valence-corrected chi connectivity index (χ1v) is 6.30. The SMILES string of the molecule is COc1cccc(F)c1C(=O)Nc1cccc(Br)c1. The van der Waals surface area contributed by atoms with Gasteiger partial charge in [-0.2, -0.15) is 0 Å². The quantitative estimate of drug-likeness (QED) is 0.931. The molecule has 2 rings (SSSR count). The molecule has 0 aromatic heterocycles. The minimum absolute atomic E-state index is 0.107. The molecule has 0 atom stereocenters. The third-order valence-electron chi connectivity index (χ3n) is 2.50. The number of anilines is 1. The highest BCUT2D eigenvalue weighted by molar-refractivity contribution is 9.10. The topological polar surface area (TPSA) is 38.3 Å². The first-order chi connectivity index (χ1) is 9.11. The van der Waals surface area contributed by atoms with Gasteiger partial charge in [-0.1, -0.05) is 28.1 Å². The summed E-state index contributed by atoms with van der Waals surface area (Å²) in [7, 11) is 1.39. The van der Waals surface area contributed by atoms with E-state index in [1.165, 1.54) is 19.2 Å². The Kier molecular flexibility index (Phi) is 4.16. The van der Waals surface area contributed by atoms with Gasteiger partial charge in [0, 0.05) is 10.2 Å². The molecule has 0 radical (unpaired) electrons. The van der Waals surface area contributed by atoms with Crippen molar-refractivity contribution in [3.8, 4) is 5.75 Å². The Hall–Kier alpha value is -1.88. The van der Waals surface area contributed by atoms with Crippen LogP contribution in [-0.2, 0) is 0 Å². The third-order valence-corrected chi connectivity index (χ3v) is 3.00. The van der Waals surface area contributed by atoms with Crippen molar-refractivity contribution in [1.82, 2.24) is 0 Å². The molecular formula is C14H11BrFNO2. The van der Waals surface area contributed by atoms with E-state index in [9.17, 15) is 9.18 Å². The van der Waals surface area contributed by atoms with Crippen LogP contribution in [0, 0.1) is 5.82 Å². The first kappa shape index (κ1) is 13.5. The van der Waals surface area contributed by atoms with Gasteiger partial charge in [-0.15, -0.1) is 0 Å². The van der Waals surface area contributed by atoms with Gasteiger partial charge in [-0.25, -0.2) is 4.39 Å². The lowest BCUT2D eigenvalue weighted by Crippen LogP contribution is -2.15. The molecule has 0 heterocycles. The van der Waals surface area contributed by atoms with E-state index in [1.807, 2.05) is 6.07 Å². The zero-order valence-corrected chi connectivity index (χ0v) is 11.7. The Morgan fingerprint density at radius 3 is 2.68 bits per heavy atom. The number of nitrogens with one attached hydrogen (secondary N) is 1. The number of ether oxygens (including phenoxy) is 1. The molecule has 1 N–H and O–H groups in total. The maximum atomic E-state index is 13.7. The molecule has 0 fully saturated rings. The molecule has 0 saturated heterocycles. The number of hydrogen-bond acceptors (Lipinski definition) is 2. The molecule has 98 valence electrons. The highest BCUT2D eigenvalue weighted by atomic mass is 79.9. The van der Waals surface area contributed by atoms with Gasteiger partial charge in [0.15, 0.2) is 0 Å². The van der Waals surface area contributed by atoms with Crippen LogP contribution in [-0.4, -0.2) is 13.0 Å². The van der Waals surface area contributed by atoms with Gasteiger partial charge in [0.2, 0.25) is 0 Å². The molecule has 19 heavy (non-hydrogen) atoms. The Balaban J connectivity index is 2.30. The number of carbonyl (C=O) groups excluding carboxylic acids is 1. The summed E-state index contributed by atoms with van der Waals surface area (Å²) in [4.78, 5) is 12.1. The fourth-order valence-corrected chi connectivity index (χ4v) is 2.05. The Morgan fingerprint density at radius 2 is 2.00 bits per heavy atom. The van der Waals surface area contributed by atoms with Crippen molar-refractivity contribution in [3.05, 3.63) is 58.3 Å². The second kappa shape index (κ2) is 5.84. The van der Waals surface area contributed by atoms with E-state index in [4.69, 9.17) is 4.74 Å². The van der Waals surface area contributed by atoms with E-state index < -0.39 is 11.7 Å².